The van der Waals surface area contributed by atoms with Crippen LogP contribution in [0.25, 0.3) is 27.5 Å². The van der Waals surface area contributed by atoms with Gasteiger partial charge in [0.1, 0.15) is 5.52 Å². The number of benzene rings is 2. The van der Waals surface area contributed by atoms with Crippen molar-refractivity contribution in [2.24, 2.45) is 0 Å². The molecule has 3 aromatic heterocycles. The minimum absolute atomic E-state index is 0.0844. The molecule has 1 unspecified atom stereocenters. The fourth-order valence-corrected chi connectivity index (χ4v) is 4.21. The van der Waals surface area contributed by atoms with Crippen LogP contribution in [0, 0.1) is 0 Å². The Hall–Kier alpha value is -4.46. The zero-order valence-corrected chi connectivity index (χ0v) is 19.2. The number of anilines is 3. The smallest absolute Gasteiger partial charge is 0.265 e. The number of hydrogen-bond donors (Lipinski definition) is 3. The largest absolute Gasteiger partial charge is 0.387 e. The van der Waals surface area contributed by atoms with Gasteiger partial charge in [-0.1, -0.05) is 30.3 Å². The van der Waals surface area contributed by atoms with Crippen molar-refractivity contribution in [3.63, 3.8) is 0 Å². The second-order valence-electron chi connectivity index (χ2n) is 7.95. The minimum atomic E-state index is -0.264. The molecular formula is C26H25N7O. The van der Waals surface area contributed by atoms with E-state index in [0.717, 1.165) is 28.0 Å². The molecule has 170 valence electrons. The third-order valence-electron chi connectivity index (χ3n) is 5.83. The highest BCUT2D eigenvalue weighted by atomic mass is 16.1. The number of rotatable bonds is 6. The maximum Gasteiger partial charge on any atom is 0.265 e. The highest BCUT2D eigenvalue weighted by Gasteiger charge is 2.19. The maximum atomic E-state index is 13.8. The van der Waals surface area contributed by atoms with Gasteiger partial charge >= 0.3 is 0 Å². The summed E-state index contributed by atoms with van der Waals surface area (Å²) in [6.07, 6.45) is 1.72. The van der Waals surface area contributed by atoms with Crippen LogP contribution in [-0.2, 0) is 0 Å². The lowest BCUT2D eigenvalue weighted by molar-refractivity contribution is 0.774. The molecule has 0 amide bonds. The van der Waals surface area contributed by atoms with Crippen molar-refractivity contribution in [2.75, 3.05) is 30.0 Å². The van der Waals surface area contributed by atoms with E-state index in [1.807, 2.05) is 74.6 Å². The minimum Gasteiger partial charge on any atom is -0.387 e. The number of fused-ring (bicyclic) bond motifs is 2. The molecule has 3 N–H and O–H groups in total. The van der Waals surface area contributed by atoms with Crippen molar-refractivity contribution in [2.45, 2.75) is 13.0 Å². The van der Waals surface area contributed by atoms with E-state index in [9.17, 15) is 4.79 Å². The van der Waals surface area contributed by atoms with Gasteiger partial charge in [0.2, 0.25) is 5.95 Å². The third-order valence-corrected chi connectivity index (χ3v) is 5.83. The number of aromatic nitrogens is 4. The van der Waals surface area contributed by atoms with Crippen LogP contribution < -0.4 is 21.5 Å². The summed E-state index contributed by atoms with van der Waals surface area (Å²) in [5, 5.41) is 11.1. The van der Waals surface area contributed by atoms with Gasteiger partial charge in [-0.15, -0.1) is 0 Å². The van der Waals surface area contributed by atoms with Gasteiger partial charge in [0.05, 0.1) is 16.9 Å². The van der Waals surface area contributed by atoms with Crippen molar-refractivity contribution >= 4 is 39.3 Å². The molecule has 34 heavy (non-hydrogen) atoms. The highest BCUT2D eigenvalue weighted by molar-refractivity contribution is 5.94. The molecule has 1 atom stereocenters. The van der Waals surface area contributed by atoms with Gasteiger partial charge in [-0.3, -0.25) is 14.3 Å². The summed E-state index contributed by atoms with van der Waals surface area (Å²) in [7, 11) is 3.60. The van der Waals surface area contributed by atoms with Crippen molar-refractivity contribution in [1.29, 1.82) is 0 Å². The molecule has 0 aliphatic rings. The monoisotopic (exact) mass is 451 g/mol. The van der Waals surface area contributed by atoms with E-state index in [1.54, 1.807) is 17.8 Å². The van der Waals surface area contributed by atoms with Gasteiger partial charge in [0.25, 0.3) is 5.56 Å². The summed E-state index contributed by atoms with van der Waals surface area (Å²) in [5.74, 6) is 1.09. The molecule has 3 heterocycles. The van der Waals surface area contributed by atoms with E-state index in [-0.39, 0.29) is 11.6 Å². The first-order chi connectivity index (χ1) is 16.6. The van der Waals surface area contributed by atoms with Crippen LogP contribution in [0.2, 0.25) is 0 Å². The van der Waals surface area contributed by atoms with E-state index in [4.69, 9.17) is 0 Å². The quantitative estimate of drug-likeness (QED) is 0.348. The van der Waals surface area contributed by atoms with Gasteiger partial charge in [-0.25, -0.2) is 4.98 Å². The first-order valence-corrected chi connectivity index (χ1v) is 11.1. The fourth-order valence-electron chi connectivity index (χ4n) is 4.21. The van der Waals surface area contributed by atoms with Gasteiger partial charge in [-0.05, 0) is 48.7 Å². The lowest BCUT2D eigenvalue weighted by Gasteiger charge is -2.22. The Morgan fingerprint density at radius 3 is 2.50 bits per heavy atom. The lowest BCUT2D eigenvalue weighted by atomic mass is 10.1. The zero-order chi connectivity index (χ0) is 23.7. The molecule has 0 fully saturated rings. The predicted molar refractivity (Wildman–Crippen MR) is 138 cm³/mol. The summed E-state index contributed by atoms with van der Waals surface area (Å²) in [5.41, 5.74) is 3.72. The summed E-state index contributed by atoms with van der Waals surface area (Å²) in [6.45, 7) is 2.01. The molecule has 5 aromatic rings. The van der Waals surface area contributed by atoms with Gasteiger partial charge in [0, 0.05) is 37.4 Å². The second-order valence-corrected chi connectivity index (χ2v) is 7.95. The van der Waals surface area contributed by atoms with Crippen molar-refractivity contribution in [3.8, 4) is 5.69 Å². The molecule has 0 saturated carbocycles. The van der Waals surface area contributed by atoms with Gasteiger partial charge in [-0.2, -0.15) is 4.98 Å². The fraction of sp³-hybridized carbons (Fsp3) is 0.154. The predicted octanol–water partition coefficient (Wildman–Crippen LogP) is 4.59. The van der Waals surface area contributed by atoms with Crippen molar-refractivity contribution in [1.82, 2.24) is 19.5 Å². The molecule has 0 spiro atoms. The van der Waals surface area contributed by atoms with Crippen LogP contribution in [-0.4, -0.2) is 33.6 Å². The number of para-hydroxylation sites is 1. The second kappa shape index (κ2) is 8.82. The van der Waals surface area contributed by atoms with Crippen molar-refractivity contribution in [3.05, 3.63) is 89.0 Å². The topological polar surface area (TPSA) is 96.8 Å². The van der Waals surface area contributed by atoms with Crippen LogP contribution in [0.4, 0.5) is 17.5 Å². The van der Waals surface area contributed by atoms with E-state index in [2.05, 4.69) is 37.0 Å². The number of nitrogens with zero attached hydrogens (tertiary/aromatic N) is 4. The van der Waals surface area contributed by atoms with Crippen LogP contribution >= 0.6 is 0 Å². The lowest BCUT2D eigenvalue weighted by Crippen LogP contribution is -2.26. The summed E-state index contributed by atoms with van der Waals surface area (Å²) in [6, 6.07) is 21.0. The third kappa shape index (κ3) is 3.69. The zero-order valence-electron chi connectivity index (χ0n) is 19.2. The number of hydrogen-bond acceptors (Lipinski definition) is 7. The first kappa shape index (κ1) is 21.4. The summed E-state index contributed by atoms with van der Waals surface area (Å²) in [4.78, 5) is 27.4. The Balaban J connectivity index is 1.71. The van der Waals surface area contributed by atoms with Crippen LogP contribution in [0.3, 0.4) is 0 Å². The first-order valence-electron chi connectivity index (χ1n) is 11.1. The molecule has 0 saturated heterocycles. The van der Waals surface area contributed by atoms with Crippen LogP contribution in [0.5, 0.6) is 0 Å². The molecule has 2 aromatic carbocycles. The molecule has 0 radical (unpaired) electrons. The number of pyridine rings is 2. The van der Waals surface area contributed by atoms with Crippen LogP contribution in [0.1, 0.15) is 18.7 Å². The molecule has 5 rings (SSSR count). The Labute approximate surface area is 196 Å². The highest BCUT2D eigenvalue weighted by Crippen LogP contribution is 2.28. The Bertz CT molecular complexity index is 1550. The summed E-state index contributed by atoms with van der Waals surface area (Å²) < 4.78 is 1.76. The van der Waals surface area contributed by atoms with E-state index < -0.39 is 0 Å². The van der Waals surface area contributed by atoms with E-state index >= 15 is 0 Å². The SMILES string of the molecule is CNc1nc(NC(C)c2cc3cccc(NC)c3c(=O)n2-c2ccccc2)c2ncccc2n1. The maximum absolute atomic E-state index is 13.8. The molecular weight excluding hydrogens is 426 g/mol. The normalized spacial score (nSPS) is 12.0. The average molecular weight is 452 g/mol. The standard InChI is InChI=1S/C26H25N7O/c1-16(30-24-23-20(13-8-14-29-23)31-26(28-3)32-24)21-15-17-9-7-12-19(27-2)22(17)25(34)33(21)18-10-5-4-6-11-18/h4-16,27H,1-3H3,(H2,28,30,31,32). The van der Waals surface area contributed by atoms with E-state index in [1.165, 1.54) is 0 Å². The Morgan fingerprint density at radius 2 is 1.74 bits per heavy atom. The molecule has 0 aliphatic carbocycles. The molecule has 0 bridgehead atoms. The van der Waals surface area contributed by atoms with Gasteiger partial charge < -0.3 is 16.0 Å². The Kier molecular flexibility index (Phi) is 5.55. The Morgan fingerprint density at radius 1 is 0.912 bits per heavy atom. The molecule has 8 heteroatoms. The van der Waals surface area contributed by atoms with Crippen LogP contribution in [0.15, 0.2) is 77.7 Å². The van der Waals surface area contributed by atoms with Gasteiger partial charge in [0.15, 0.2) is 5.82 Å². The van der Waals surface area contributed by atoms with Crippen molar-refractivity contribution < 1.29 is 0 Å². The summed E-state index contributed by atoms with van der Waals surface area (Å²) >= 11 is 0. The van der Waals surface area contributed by atoms with E-state index in [0.29, 0.717) is 22.7 Å². The molecule has 0 aliphatic heterocycles. The molecule has 8 nitrogen and oxygen atoms in total. The average Bonchev–Trinajstić information content (AvgIpc) is 2.88. The number of nitrogens with one attached hydrogen (secondary N) is 3.